The van der Waals surface area contributed by atoms with Gasteiger partial charge in [0, 0.05) is 17.3 Å². The number of rotatable bonds is 5. The summed E-state index contributed by atoms with van der Waals surface area (Å²) in [4.78, 5) is 16.3. The third-order valence-electron chi connectivity index (χ3n) is 4.81. The van der Waals surface area contributed by atoms with Gasteiger partial charge in [-0.15, -0.1) is 23.7 Å². The summed E-state index contributed by atoms with van der Waals surface area (Å²) in [6.45, 7) is 7.03. The number of thiophene rings is 1. The number of hydrogen-bond donors (Lipinski definition) is 1. The molecule has 2 aromatic rings. The van der Waals surface area contributed by atoms with Gasteiger partial charge in [0.2, 0.25) is 0 Å². The molecule has 0 spiro atoms. The number of fused-ring (bicyclic) bond motifs is 1. The fourth-order valence-electron chi connectivity index (χ4n) is 3.47. The first-order valence-corrected chi connectivity index (χ1v) is 9.56. The molecule has 0 bridgehead atoms. The number of aryl methyl sites for hydroxylation is 1. The molecule has 6 heteroatoms. The Balaban J connectivity index is 0.00000225. The predicted octanol–water partition coefficient (Wildman–Crippen LogP) is 4.24. The molecule has 1 aliphatic heterocycles. The molecular formula is C19H27ClN2O2S. The Morgan fingerprint density at radius 2 is 2.08 bits per heavy atom. The molecule has 0 unspecified atom stereocenters. The van der Waals surface area contributed by atoms with Gasteiger partial charge in [0.1, 0.15) is 5.75 Å². The summed E-state index contributed by atoms with van der Waals surface area (Å²) in [5.41, 5.74) is 1.08. The normalized spacial score (nSPS) is 15.0. The van der Waals surface area contributed by atoms with E-state index in [1.54, 1.807) is 18.4 Å². The Kier molecular flexibility index (Phi) is 7.11. The Bertz CT molecular complexity index is 726. The van der Waals surface area contributed by atoms with Crippen molar-refractivity contribution in [1.29, 1.82) is 0 Å². The van der Waals surface area contributed by atoms with Crippen molar-refractivity contribution in [2.24, 2.45) is 0 Å². The number of carbonyl (C=O) groups is 1. The van der Waals surface area contributed by atoms with E-state index in [1.165, 1.54) is 0 Å². The Morgan fingerprint density at radius 3 is 2.72 bits per heavy atom. The SMILES string of the molecule is CCCN(C(=O)c1sc2ccc(OC)cc2c1C)C1CCNCC1.Cl. The van der Waals surface area contributed by atoms with E-state index in [4.69, 9.17) is 4.74 Å². The summed E-state index contributed by atoms with van der Waals surface area (Å²) in [5.74, 6) is 1.03. The highest BCUT2D eigenvalue weighted by Gasteiger charge is 2.28. The minimum atomic E-state index is 0. The van der Waals surface area contributed by atoms with E-state index in [1.807, 2.05) is 12.1 Å². The van der Waals surface area contributed by atoms with Crippen LogP contribution in [-0.4, -0.2) is 43.6 Å². The van der Waals surface area contributed by atoms with Crippen molar-refractivity contribution in [3.8, 4) is 5.75 Å². The van der Waals surface area contributed by atoms with Crippen LogP contribution in [0.2, 0.25) is 0 Å². The molecule has 1 aromatic carbocycles. The second-order valence-corrected chi connectivity index (χ2v) is 7.45. The van der Waals surface area contributed by atoms with E-state index in [-0.39, 0.29) is 18.3 Å². The molecule has 0 saturated carbocycles. The van der Waals surface area contributed by atoms with Crippen LogP contribution in [-0.2, 0) is 0 Å². The van der Waals surface area contributed by atoms with Crippen molar-refractivity contribution >= 4 is 39.7 Å². The maximum atomic E-state index is 13.3. The van der Waals surface area contributed by atoms with Crippen LogP contribution in [0.15, 0.2) is 18.2 Å². The van der Waals surface area contributed by atoms with Crippen LogP contribution < -0.4 is 10.1 Å². The number of hydrogen-bond acceptors (Lipinski definition) is 4. The molecule has 0 atom stereocenters. The minimum absolute atomic E-state index is 0. The molecule has 0 aliphatic carbocycles. The highest BCUT2D eigenvalue weighted by atomic mass is 35.5. The van der Waals surface area contributed by atoms with E-state index >= 15 is 0 Å². The van der Waals surface area contributed by atoms with Crippen molar-refractivity contribution in [3.63, 3.8) is 0 Å². The zero-order valence-electron chi connectivity index (χ0n) is 15.1. The maximum Gasteiger partial charge on any atom is 0.264 e. The summed E-state index contributed by atoms with van der Waals surface area (Å²) in [5, 5.41) is 4.52. The number of benzene rings is 1. The number of ether oxygens (including phenoxy) is 1. The largest absolute Gasteiger partial charge is 0.497 e. The highest BCUT2D eigenvalue weighted by molar-refractivity contribution is 7.21. The van der Waals surface area contributed by atoms with Crippen LogP contribution in [0.25, 0.3) is 10.1 Å². The van der Waals surface area contributed by atoms with E-state index < -0.39 is 0 Å². The number of amides is 1. The Hall–Kier alpha value is -1.30. The van der Waals surface area contributed by atoms with E-state index in [2.05, 4.69) is 30.1 Å². The number of piperidine rings is 1. The quantitative estimate of drug-likeness (QED) is 0.840. The molecular weight excluding hydrogens is 356 g/mol. The fraction of sp³-hybridized carbons (Fsp3) is 0.526. The lowest BCUT2D eigenvalue weighted by atomic mass is 10.0. The van der Waals surface area contributed by atoms with Gasteiger partial charge in [0.15, 0.2) is 0 Å². The second kappa shape index (κ2) is 8.88. The van der Waals surface area contributed by atoms with Crippen molar-refractivity contribution in [1.82, 2.24) is 10.2 Å². The van der Waals surface area contributed by atoms with Crippen molar-refractivity contribution < 1.29 is 9.53 Å². The molecule has 1 amide bonds. The molecule has 1 aromatic heterocycles. The van der Waals surface area contributed by atoms with Crippen LogP contribution in [0.1, 0.15) is 41.4 Å². The first-order chi connectivity index (χ1) is 11.7. The van der Waals surface area contributed by atoms with Gasteiger partial charge >= 0.3 is 0 Å². The molecule has 2 heterocycles. The van der Waals surface area contributed by atoms with Gasteiger partial charge in [-0.05, 0) is 68.4 Å². The molecule has 1 saturated heterocycles. The van der Waals surface area contributed by atoms with Crippen LogP contribution in [0.3, 0.4) is 0 Å². The van der Waals surface area contributed by atoms with Crippen molar-refractivity contribution in [3.05, 3.63) is 28.6 Å². The number of methoxy groups -OCH3 is 1. The fourth-order valence-corrected chi connectivity index (χ4v) is 4.62. The van der Waals surface area contributed by atoms with Gasteiger partial charge in [-0.2, -0.15) is 0 Å². The van der Waals surface area contributed by atoms with Crippen LogP contribution in [0.4, 0.5) is 0 Å². The molecule has 138 valence electrons. The number of carbonyl (C=O) groups excluding carboxylic acids is 1. The maximum absolute atomic E-state index is 13.3. The smallest absolute Gasteiger partial charge is 0.264 e. The van der Waals surface area contributed by atoms with E-state index in [9.17, 15) is 4.79 Å². The van der Waals surface area contributed by atoms with Crippen LogP contribution in [0.5, 0.6) is 5.75 Å². The Morgan fingerprint density at radius 1 is 1.36 bits per heavy atom. The average molecular weight is 383 g/mol. The molecule has 1 N–H and O–H groups in total. The zero-order valence-corrected chi connectivity index (χ0v) is 16.8. The topological polar surface area (TPSA) is 41.6 Å². The third kappa shape index (κ3) is 4.10. The molecule has 3 rings (SSSR count). The third-order valence-corrected chi connectivity index (χ3v) is 6.07. The predicted molar refractivity (Wildman–Crippen MR) is 108 cm³/mol. The molecule has 1 aliphatic rings. The number of nitrogens with one attached hydrogen (secondary N) is 1. The van der Waals surface area contributed by atoms with E-state index in [0.717, 1.165) is 65.2 Å². The average Bonchev–Trinajstić information content (AvgIpc) is 2.96. The summed E-state index contributed by atoms with van der Waals surface area (Å²) in [7, 11) is 1.68. The first-order valence-electron chi connectivity index (χ1n) is 8.74. The lowest BCUT2D eigenvalue weighted by Crippen LogP contribution is -2.46. The number of nitrogens with zero attached hydrogens (tertiary/aromatic N) is 1. The van der Waals surface area contributed by atoms with Gasteiger partial charge in [-0.25, -0.2) is 0 Å². The molecule has 4 nitrogen and oxygen atoms in total. The van der Waals surface area contributed by atoms with E-state index in [0.29, 0.717) is 6.04 Å². The molecule has 1 fully saturated rings. The lowest BCUT2D eigenvalue weighted by molar-refractivity contribution is 0.0647. The molecule has 25 heavy (non-hydrogen) atoms. The van der Waals surface area contributed by atoms with Gasteiger partial charge in [-0.1, -0.05) is 6.92 Å². The van der Waals surface area contributed by atoms with Crippen LogP contribution >= 0.6 is 23.7 Å². The van der Waals surface area contributed by atoms with Gasteiger partial charge in [-0.3, -0.25) is 4.79 Å². The zero-order chi connectivity index (χ0) is 17.1. The summed E-state index contributed by atoms with van der Waals surface area (Å²) in [6.07, 6.45) is 3.08. The van der Waals surface area contributed by atoms with Crippen molar-refractivity contribution in [2.75, 3.05) is 26.7 Å². The van der Waals surface area contributed by atoms with Crippen molar-refractivity contribution in [2.45, 2.75) is 39.2 Å². The number of halogens is 1. The molecule has 0 radical (unpaired) electrons. The van der Waals surface area contributed by atoms with Gasteiger partial charge in [0.05, 0.1) is 12.0 Å². The summed E-state index contributed by atoms with van der Waals surface area (Å²) in [6, 6.07) is 6.41. The minimum Gasteiger partial charge on any atom is -0.497 e. The van der Waals surface area contributed by atoms with Gasteiger partial charge in [0.25, 0.3) is 5.91 Å². The lowest BCUT2D eigenvalue weighted by Gasteiger charge is -2.34. The summed E-state index contributed by atoms with van der Waals surface area (Å²) < 4.78 is 6.48. The standard InChI is InChI=1S/C19H26N2O2S.ClH/c1-4-11-21(14-7-9-20-10-8-14)19(22)18-13(2)16-12-15(23-3)5-6-17(16)24-18;/h5-6,12,14,20H,4,7-11H2,1-3H3;1H. The van der Waals surface area contributed by atoms with Gasteiger partial charge < -0.3 is 15.0 Å². The first kappa shape index (κ1) is 20.0. The Labute approximate surface area is 159 Å². The second-order valence-electron chi connectivity index (χ2n) is 6.40. The highest BCUT2D eigenvalue weighted by Crippen LogP contribution is 2.34. The monoisotopic (exact) mass is 382 g/mol. The van der Waals surface area contributed by atoms with Crippen LogP contribution in [0, 0.1) is 6.92 Å². The summed E-state index contributed by atoms with van der Waals surface area (Å²) >= 11 is 1.61.